The van der Waals surface area contributed by atoms with Crippen LogP contribution in [0.5, 0.6) is 5.75 Å². The molecule has 1 unspecified atom stereocenters. The Kier molecular flexibility index (Phi) is 7.18. The van der Waals surface area contributed by atoms with E-state index in [0.717, 1.165) is 22.6 Å². The predicted octanol–water partition coefficient (Wildman–Crippen LogP) is 6.07. The first-order chi connectivity index (χ1) is 19.5. The number of halogens is 2. The first kappa shape index (κ1) is 25.6. The molecular weight excluding hydrogens is 512 g/mol. The Hall–Kier alpha value is -4.66. The Balaban J connectivity index is 1.06. The van der Waals surface area contributed by atoms with Crippen molar-refractivity contribution >= 4 is 17.6 Å². The first-order valence-corrected chi connectivity index (χ1v) is 13.3. The van der Waals surface area contributed by atoms with Crippen molar-refractivity contribution in [3.63, 3.8) is 0 Å². The highest BCUT2D eigenvalue weighted by molar-refractivity contribution is 6.02. The molecule has 40 heavy (non-hydrogen) atoms. The molecular formula is C31H27F2N5O2. The van der Waals surface area contributed by atoms with E-state index in [1.807, 2.05) is 54.6 Å². The minimum Gasteiger partial charge on any atom is -0.410 e. The van der Waals surface area contributed by atoms with Gasteiger partial charge in [0, 0.05) is 37.5 Å². The maximum absolute atomic E-state index is 14.2. The Morgan fingerprint density at radius 2 is 1.52 bits per heavy atom. The molecule has 2 aliphatic heterocycles. The second-order valence-corrected chi connectivity index (χ2v) is 9.78. The zero-order valence-corrected chi connectivity index (χ0v) is 21.7. The summed E-state index contributed by atoms with van der Waals surface area (Å²) < 4.78 is 33.8. The third-order valence-corrected chi connectivity index (χ3v) is 7.27. The number of benzene rings is 3. The SMILES string of the molecule is O=C(Oc1ccccc1)N1CCN(c2ccc(-c3ccc(C4CCC(c5c(F)cccc5F)=N4)cc3)nn2)CC1. The van der Waals surface area contributed by atoms with Gasteiger partial charge in [0.2, 0.25) is 0 Å². The fourth-order valence-electron chi connectivity index (χ4n) is 5.09. The highest BCUT2D eigenvalue weighted by Crippen LogP contribution is 2.33. The van der Waals surface area contributed by atoms with Crippen LogP contribution < -0.4 is 9.64 Å². The maximum atomic E-state index is 14.2. The van der Waals surface area contributed by atoms with Crippen LogP contribution in [0.1, 0.15) is 30.0 Å². The van der Waals surface area contributed by atoms with Crippen molar-refractivity contribution in [2.45, 2.75) is 18.9 Å². The van der Waals surface area contributed by atoms with Crippen LogP contribution in [-0.2, 0) is 0 Å². The zero-order valence-electron chi connectivity index (χ0n) is 21.7. The Labute approximate surface area is 230 Å². The van der Waals surface area contributed by atoms with Crippen LogP contribution in [0.4, 0.5) is 19.4 Å². The summed E-state index contributed by atoms with van der Waals surface area (Å²) in [6.07, 6.45) is 0.878. The molecule has 202 valence electrons. The lowest BCUT2D eigenvalue weighted by molar-refractivity contribution is 0.149. The van der Waals surface area contributed by atoms with Crippen molar-refractivity contribution < 1.29 is 18.3 Å². The van der Waals surface area contributed by atoms with Crippen molar-refractivity contribution in [1.29, 1.82) is 0 Å². The number of hydrogen-bond acceptors (Lipinski definition) is 6. The molecule has 6 rings (SSSR count). The summed E-state index contributed by atoms with van der Waals surface area (Å²) in [6.45, 7) is 2.33. The van der Waals surface area contributed by atoms with Crippen LogP contribution in [0.25, 0.3) is 11.3 Å². The Bertz CT molecular complexity index is 1500. The summed E-state index contributed by atoms with van der Waals surface area (Å²) in [7, 11) is 0. The van der Waals surface area contributed by atoms with Gasteiger partial charge in [-0.3, -0.25) is 4.99 Å². The van der Waals surface area contributed by atoms with E-state index in [0.29, 0.717) is 50.5 Å². The zero-order chi connectivity index (χ0) is 27.5. The molecule has 0 radical (unpaired) electrons. The maximum Gasteiger partial charge on any atom is 0.415 e. The van der Waals surface area contributed by atoms with Gasteiger partial charge in [0.25, 0.3) is 0 Å². The molecule has 0 aliphatic carbocycles. The van der Waals surface area contributed by atoms with Crippen molar-refractivity contribution in [2.75, 3.05) is 31.1 Å². The summed E-state index contributed by atoms with van der Waals surface area (Å²) in [5, 5.41) is 8.85. The topological polar surface area (TPSA) is 70.9 Å². The first-order valence-electron chi connectivity index (χ1n) is 13.3. The number of aliphatic imine (C=N–C) groups is 1. The number of para-hydroxylation sites is 1. The fourth-order valence-corrected chi connectivity index (χ4v) is 5.09. The van der Waals surface area contributed by atoms with Gasteiger partial charge in [0.15, 0.2) is 5.82 Å². The van der Waals surface area contributed by atoms with Crippen LogP contribution in [-0.4, -0.2) is 53.1 Å². The summed E-state index contributed by atoms with van der Waals surface area (Å²) in [5.41, 5.74) is 3.09. The van der Waals surface area contributed by atoms with Gasteiger partial charge in [-0.25, -0.2) is 13.6 Å². The van der Waals surface area contributed by atoms with Crippen LogP contribution in [0.15, 0.2) is 89.9 Å². The van der Waals surface area contributed by atoms with Crippen LogP contribution in [0.2, 0.25) is 0 Å². The number of nitrogens with zero attached hydrogens (tertiary/aromatic N) is 5. The second-order valence-electron chi connectivity index (χ2n) is 9.78. The van der Waals surface area contributed by atoms with Crippen molar-refractivity contribution in [3.8, 4) is 17.0 Å². The molecule has 9 heteroatoms. The third kappa shape index (κ3) is 5.40. The van der Waals surface area contributed by atoms with E-state index < -0.39 is 11.6 Å². The van der Waals surface area contributed by atoms with E-state index in [4.69, 9.17) is 4.74 Å². The highest BCUT2D eigenvalue weighted by Gasteiger charge is 2.25. The minimum absolute atomic E-state index is 0.0227. The molecule has 3 aromatic carbocycles. The van der Waals surface area contributed by atoms with E-state index in [-0.39, 0.29) is 17.7 Å². The molecule has 3 heterocycles. The average molecular weight is 540 g/mol. The van der Waals surface area contributed by atoms with Gasteiger partial charge in [0.1, 0.15) is 17.4 Å². The molecule has 1 amide bonds. The van der Waals surface area contributed by atoms with Crippen molar-refractivity contribution in [2.24, 2.45) is 4.99 Å². The molecule has 0 N–H and O–H groups in total. The van der Waals surface area contributed by atoms with E-state index in [2.05, 4.69) is 20.1 Å². The molecule has 1 atom stereocenters. The van der Waals surface area contributed by atoms with Crippen molar-refractivity contribution in [1.82, 2.24) is 15.1 Å². The standard InChI is InChI=1S/C31H27F2N5O2/c32-24-7-4-8-25(33)30(24)28-14-13-26(34-28)21-9-11-22(12-10-21)27-15-16-29(36-35-27)37-17-19-38(20-18-37)31(39)40-23-5-2-1-3-6-23/h1-12,15-16,26H,13-14,17-20H2. The lowest BCUT2D eigenvalue weighted by Gasteiger charge is -2.34. The molecule has 0 spiro atoms. The normalized spacial score (nSPS) is 17.1. The van der Waals surface area contributed by atoms with Crippen LogP contribution in [0, 0.1) is 11.6 Å². The molecule has 1 fully saturated rings. The molecule has 0 bridgehead atoms. The number of carbonyl (C=O) groups excluding carboxylic acids is 1. The largest absolute Gasteiger partial charge is 0.415 e. The number of anilines is 1. The Morgan fingerprint density at radius 1 is 0.800 bits per heavy atom. The molecule has 2 aliphatic rings. The third-order valence-electron chi connectivity index (χ3n) is 7.27. The van der Waals surface area contributed by atoms with E-state index >= 15 is 0 Å². The average Bonchev–Trinajstić information content (AvgIpc) is 3.48. The number of aromatic nitrogens is 2. The van der Waals surface area contributed by atoms with Crippen LogP contribution in [0.3, 0.4) is 0 Å². The number of piperazine rings is 1. The van der Waals surface area contributed by atoms with Gasteiger partial charge < -0.3 is 14.5 Å². The summed E-state index contributed by atoms with van der Waals surface area (Å²) in [6, 6.07) is 24.6. The van der Waals surface area contributed by atoms with Gasteiger partial charge >= 0.3 is 6.09 Å². The smallest absolute Gasteiger partial charge is 0.410 e. The van der Waals surface area contributed by atoms with E-state index in [9.17, 15) is 13.6 Å². The summed E-state index contributed by atoms with van der Waals surface area (Å²) >= 11 is 0. The predicted molar refractivity (Wildman–Crippen MR) is 149 cm³/mol. The van der Waals surface area contributed by atoms with Gasteiger partial charge in [0.05, 0.1) is 17.3 Å². The summed E-state index contributed by atoms with van der Waals surface area (Å²) in [5.74, 6) is 0.126. The van der Waals surface area contributed by atoms with Gasteiger partial charge in [-0.15, -0.1) is 10.2 Å². The van der Waals surface area contributed by atoms with Gasteiger partial charge in [-0.05, 0) is 54.8 Å². The number of ether oxygens (including phenoxy) is 1. The van der Waals surface area contributed by atoms with Crippen molar-refractivity contribution in [3.05, 3.63) is 108 Å². The number of hydrogen-bond donors (Lipinski definition) is 0. The van der Waals surface area contributed by atoms with E-state index in [1.165, 1.54) is 18.2 Å². The quantitative estimate of drug-likeness (QED) is 0.308. The minimum atomic E-state index is -0.579. The molecule has 0 saturated carbocycles. The second kappa shape index (κ2) is 11.2. The van der Waals surface area contributed by atoms with Gasteiger partial charge in [-0.1, -0.05) is 48.5 Å². The number of amides is 1. The molecule has 1 saturated heterocycles. The molecule has 1 aromatic heterocycles. The summed E-state index contributed by atoms with van der Waals surface area (Å²) in [4.78, 5) is 20.9. The molecule has 4 aromatic rings. The number of rotatable bonds is 5. The van der Waals surface area contributed by atoms with Crippen LogP contribution >= 0.6 is 0 Å². The molecule has 7 nitrogen and oxygen atoms in total. The highest BCUT2D eigenvalue weighted by atomic mass is 19.1. The van der Waals surface area contributed by atoms with E-state index in [1.54, 1.807) is 17.0 Å². The Morgan fingerprint density at radius 3 is 2.20 bits per heavy atom. The monoisotopic (exact) mass is 539 g/mol. The number of carbonyl (C=O) groups is 1. The van der Waals surface area contributed by atoms with Gasteiger partial charge in [-0.2, -0.15) is 0 Å². The lowest BCUT2D eigenvalue weighted by Crippen LogP contribution is -2.49. The fraction of sp³-hybridized carbons (Fsp3) is 0.226. The lowest BCUT2D eigenvalue weighted by atomic mass is 10.0.